The number of furan rings is 1. The number of carbonyl (C=O) groups excluding carboxylic acids is 1. The zero-order valence-corrected chi connectivity index (χ0v) is 16.7. The van der Waals surface area contributed by atoms with E-state index in [1.807, 2.05) is 46.6 Å². The number of hydrogen-bond acceptors (Lipinski definition) is 3. The second kappa shape index (κ2) is 9.19. The largest absolute Gasteiger partial charge is 0.463 e. The number of amides is 1. The average molecular weight is 398 g/mol. The van der Waals surface area contributed by atoms with Gasteiger partial charge in [0.2, 0.25) is 0 Å². The van der Waals surface area contributed by atoms with Crippen molar-refractivity contribution in [3.63, 3.8) is 0 Å². The van der Waals surface area contributed by atoms with Crippen molar-refractivity contribution >= 4 is 17.2 Å². The summed E-state index contributed by atoms with van der Waals surface area (Å²) < 4.78 is 5.63. The number of carbonyl (C=O) groups is 1. The Labute approximate surface area is 169 Å². The average Bonchev–Trinajstić information content (AvgIpc) is 3.44. The predicted octanol–water partition coefficient (Wildman–Crippen LogP) is 0.921. The van der Waals surface area contributed by atoms with E-state index in [1.165, 1.54) is 4.88 Å². The van der Waals surface area contributed by atoms with Crippen LogP contribution in [0.2, 0.25) is 0 Å². The van der Waals surface area contributed by atoms with Gasteiger partial charge in [0.05, 0.1) is 37.3 Å². The Hall–Kier alpha value is -2.41. The van der Waals surface area contributed by atoms with E-state index in [2.05, 4.69) is 35.0 Å². The van der Waals surface area contributed by atoms with Gasteiger partial charge in [-0.15, -0.1) is 11.3 Å². The molecule has 1 aliphatic heterocycles. The molecule has 28 heavy (non-hydrogen) atoms. The molecule has 6 heteroatoms. The maximum absolute atomic E-state index is 12.8. The first kappa shape index (κ1) is 18.9. The molecule has 5 nitrogen and oxygen atoms in total. The van der Waals surface area contributed by atoms with Gasteiger partial charge in [-0.3, -0.25) is 4.79 Å². The molecular formula is C22H27N3O2S+2. The van der Waals surface area contributed by atoms with Crippen LogP contribution in [0, 0.1) is 0 Å². The first-order valence-corrected chi connectivity index (χ1v) is 10.7. The van der Waals surface area contributed by atoms with E-state index in [4.69, 9.17) is 4.42 Å². The van der Waals surface area contributed by atoms with E-state index in [0.717, 1.165) is 44.0 Å². The van der Waals surface area contributed by atoms with Gasteiger partial charge in [-0.05, 0) is 23.6 Å². The molecule has 3 heterocycles. The van der Waals surface area contributed by atoms with E-state index >= 15 is 0 Å². The van der Waals surface area contributed by atoms with Gasteiger partial charge < -0.3 is 19.5 Å². The van der Waals surface area contributed by atoms with Gasteiger partial charge in [-0.1, -0.05) is 36.4 Å². The molecule has 1 aliphatic rings. The van der Waals surface area contributed by atoms with Crippen molar-refractivity contribution in [3.05, 3.63) is 82.4 Å². The molecular weight excluding hydrogens is 370 g/mol. The Kier molecular flexibility index (Phi) is 6.21. The number of nitrogens with one attached hydrogen (secondary N) is 1. The van der Waals surface area contributed by atoms with Crippen molar-refractivity contribution in [2.75, 3.05) is 32.7 Å². The molecule has 1 aromatic carbocycles. The summed E-state index contributed by atoms with van der Waals surface area (Å²) in [7, 11) is 0. The fourth-order valence-electron chi connectivity index (χ4n) is 3.80. The zero-order chi connectivity index (χ0) is 19.2. The van der Waals surface area contributed by atoms with Crippen LogP contribution >= 0.6 is 11.3 Å². The molecule has 2 aromatic heterocycles. The van der Waals surface area contributed by atoms with Crippen LogP contribution in [0.3, 0.4) is 0 Å². The smallest absolute Gasteiger partial charge is 0.278 e. The minimum Gasteiger partial charge on any atom is -0.463 e. The van der Waals surface area contributed by atoms with Crippen LogP contribution in [0.4, 0.5) is 0 Å². The van der Waals surface area contributed by atoms with Crippen LogP contribution in [0.1, 0.15) is 22.2 Å². The number of hydrogen-bond donors (Lipinski definition) is 2. The number of thiophene rings is 1. The number of quaternary nitrogens is 2. The van der Waals surface area contributed by atoms with Gasteiger partial charge in [-0.25, -0.2) is 0 Å². The summed E-state index contributed by atoms with van der Waals surface area (Å²) in [6, 6.07) is 18.4. The zero-order valence-electron chi connectivity index (χ0n) is 15.9. The lowest BCUT2D eigenvalue weighted by atomic mass is 10.0. The maximum atomic E-state index is 12.8. The number of rotatable bonds is 7. The highest BCUT2D eigenvalue weighted by atomic mass is 32.1. The molecule has 3 N–H and O–H groups in total. The van der Waals surface area contributed by atoms with Gasteiger partial charge in [0, 0.05) is 5.56 Å². The van der Waals surface area contributed by atoms with E-state index in [1.54, 1.807) is 11.2 Å². The van der Waals surface area contributed by atoms with Crippen molar-refractivity contribution in [3.8, 4) is 0 Å². The molecule has 0 radical (unpaired) electrons. The molecule has 1 saturated heterocycles. The van der Waals surface area contributed by atoms with Crippen LogP contribution in [0.25, 0.3) is 0 Å². The lowest BCUT2D eigenvalue weighted by Crippen LogP contribution is -3.13. The summed E-state index contributed by atoms with van der Waals surface area (Å²) in [6.45, 7) is 5.21. The number of nitrogens with zero attached hydrogens (tertiary/aromatic N) is 1. The molecule has 4 rings (SSSR count). The fourth-order valence-corrected chi connectivity index (χ4v) is 4.58. The second-order valence-electron chi connectivity index (χ2n) is 7.23. The van der Waals surface area contributed by atoms with Gasteiger partial charge in [0.15, 0.2) is 18.3 Å². The Morgan fingerprint density at radius 2 is 1.93 bits per heavy atom. The Morgan fingerprint density at radius 3 is 2.61 bits per heavy atom. The summed E-state index contributed by atoms with van der Waals surface area (Å²) >= 11 is 1.82. The lowest BCUT2D eigenvalue weighted by molar-refractivity contribution is -0.917. The molecule has 146 valence electrons. The van der Waals surface area contributed by atoms with Gasteiger partial charge in [0.1, 0.15) is 6.54 Å². The predicted molar refractivity (Wildman–Crippen MR) is 109 cm³/mol. The Balaban J connectivity index is 1.31. The third-order valence-electron chi connectivity index (χ3n) is 5.36. The van der Waals surface area contributed by atoms with Crippen molar-refractivity contribution in [1.29, 1.82) is 0 Å². The van der Waals surface area contributed by atoms with E-state index < -0.39 is 0 Å². The molecule has 3 aromatic rings. The van der Waals surface area contributed by atoms with Crippen LogP contribution in [-0.4, -0.2) is 43.5 Å². The summed E-state index contributed by atoms with van der Waals surface area (Å²) in [4.78, 5) is 17.8. The minimum absolute atomic E-state index is 0.00546. The number of benzene rings is 1. The summed E-state index contributed by atoms with van der Waals surface area (Å²) in [5.74, 6) is 1.09. The monoisotopic (exact) mass is 397 g/mol. The molecule has 0 aliphatic carbocycles. The van der Waals surface area contributed by atoms with Crippen LogP contribution in [0.15, 0.2) is 70.7 Å². The van der Waals surface area contributed by atoms with Crippen LogP contribution in [-0.2, 0) is 11.3 Å². The fraction of sp³-hybridized carbons (Fsp3) is 0.318. The number of nitrogens with two attached hydrogens (primary N) is 1. The summed E-state index contributed by atoms with van der Waals surface area (Å²) in [5, 5.41) is 4.22. The number of piperazine rings is 1. The molecule has 0 spiro atoms. The van der Waals surface area contributed by atoms with Crippen molar-refractivity contribution in [1.82, 2.24) is 4.90 Å². The topological polar surface area (TPSA) is 54.5 Å². The lowest BCUT2D eigenvalue weighted by Gasteiger charge is -2.31. The normalized spacial score (nSPS) is 16.2. The minimum atomic E-state index is 0.00546. The maximum Gasteiger partial charge on any atom is 0.278 e. The first-order chi connectivity index (χ1) is 13.8. The SMILES string of the molecule is O=C(C[NH2+][C@@H](c1ccccc1)c1ccco1)N1CC[NH+](Cc2cccs2)CC1. The first-order valence-electron chi connectivity index (χ1n) is 9.85. The summed E-state index contributed by atoms with van der Waals surface area (Å²) in [6.07, 6.45) is 1.69. The highest BCUT2D eigenvalue weighted by Gasteiger charge is 2.27. The van der Waals surface area contributed by atoms with Gasteiger partial charge >= 0.3 is 0 Å². The van der Waals surface area contributed by atoms with Crippen LogP contribution < -0.4 is 10.2 Å². The van der Waals surface area contributed by atoms with Crippen molar-refractivity contribution in [2.24, 2.45) is 0 Å². The molecule has 1 amide bonds. The van der Waals surface area contributed by atoms with E-state index in [9.17, 15) is 4.79 Å². The Bertz CT molecular complexity index is 841. The molecule has 1 atom stereocenters. The van der Waals surface area contributed by atoms with Crippen molar-refractivity contribution < 1.29 is 19.4 Å². The molecule has 1 fully saturated rings. The van der Waals surface area contributed by atoms with Crippen molar-refractivity contribution in [2.45, 2.75) is 12.6 Å². The quantitative estimate of drug-likeness (QED) is 0.623. The van der Waals surface area contributed by atoms with E-state index in [-0.39, 0.29) is 11.9 Å². The molecule has 0 saturated carbocycles. The Morgan fingerprint density at radius 1 is 1.11 bits per heavy atom. The van der Waals surface area contributed by atoms with Gasteiger partial charge in [0.25, 0.3) is 5.91 Å². The standard InChI is InChI=1S/C22H25N3O2S/c26-21(25-12-10-24(11-13-25)17-19-8-5-15-28-19)16-23-22(20-9-4-14-27-20)18-6-2-1-3-7-18/h1-9,14-15,22-23H,10-13,16-17H2/p+2/t22-/m0/s1. The molecule has 0 bridgehead atoms. The second-order valence-corrected chi connectivity index (χ2v) is 8.26. The highest BCUT2D eigenvalue weighted by Crippen LogP contribution is 2.18. The summed E-state index contributed by atoms with van der Waals surface area (Å²) in [5.41, 5.74) is 1.15. The van der Waals surface area contributed by atoms with Gasteiger partial charge in [-0.2, -0.15) is 0 Å². The highest BCUT2D eigenvalue weighted by molar-refractivity contribution is 7.09. The molecule has 0 unspecified atom stereocenters. The van der Waals surface area contributed by atoms with Crippen LogP contribution in [0.5, 0.6) is 0 Å². The third kappa shape index (κ3) is 4.70. The van der Waals surface area contributed by atoms with E-state index in [0.29, 0.717) is 6.54 Å². The third-order valence-corrected chi connectivity index (χ3v) is 6.24.